The van der Waals surface area contributed by atoms with Gasteiger partial charge in [0, 0.05) is 50.5 Å². The van der Waals surface area contributed by atoms with Crippen molar-refractivity contribution >= 4 is 17.3 Å². The summed E-state index contributed by atoms with van der Waals surface area (Å²) < 4.78 is 17.9. The van der Waals surface area contributed by atoms with Gasteiger partial charge in [-0.25, -0.2) is 4.39 Å². The lowest BCUT2D eigenvalue weighted by atomic mass is 9.99. The number of benzene rings is 1. The SMILES string of the molecule is COc1cc(N2CCC(N3CCN(CCF)C(=O)C3C)CC2)ccc1N. The summed E-state index contributed by atoms with van der Waals surface area (Å²) in [7, 11) is 1.63. The highest BCUT2D eigenvalue weighted by Crippen LogP contribution is 2.30. The van der Waals surface area contributed by atoms with Gasteiger partial charge in [0.25, 0.3) is 0 Å². The zero-order valence-corrected chi connectivity index (χ0v) is 15.7. The highest BCUT2D eigenvalue weighted by atomic mass is 19.1. The van der Waals surface area contributed by atoms with Crippen LogP contribution in [0.25, 0.3) is 0 Å². The summed E-state index contributed by atoms with van der Waals surface area (Å²) in [6, 6.07) is 6.12. The van der Waals surface area contributed by atoms with Crippen LogP contribution in [-0.4, -0.2) is 74.3 Å². The molecule has 0 aliphatic carbocycles. The van der Waals surface area contributed by atoms with Gasteiger partial charge in [0.05, 0.1) is 18.8 Å². The Morgan fingerprint density at radius 2 is 1.96 bits per heavy atom. The number of amides is 1. The van der Waals surface area contributed by atoms with E-state index in [0.717, 1.165) is 38.2 Å². The standard InChI is InChI=1S/C19H29FN4O2/c1-14-19(25)23(10-7-20)11-12-24(14)15-5-8-22(9-6-15)16-3-4-17(21)18(13-16)26-2/h3-4,13-15H,5-12,21H2,1-2H3. The van der Waals surface area contributed by atoms with Crippen LogP contribution in [0.3, 0.4) is 0 Å². The van der Waals surface area contributed by atoms with Gasteiger partial charge in [-0.15, -0.1) is 0 Å². The van der Waals surface area contributed by atoms with Crippen molar-refractivity contribution in [1.29, 1.82) is 0 Å². The highest BCUT2D eigenvalue weighted by Gasteiger charge is 2.36. The molecule has 26 heavy (non-hydrogen) atoms. The third-order valence-electron chi connectivity index (χ3n) is 5.66. The first-order valence-corrected chi connectivity index (χ1v) is 9.34. The second kappa shape index (κ2) is 8.12. The van der Waals surface area contributed by atoms with Crippen molar-refractivity contribution < 1.29 is 13.9 Å². The van der Waals surface area contributed by atoms with Gasteiger partial charge in [-0.05, 0) is 31.9 Å². The Balaban J connectivity index is 1.59. The number of piperazine rings is 1. The van der Waals surface area contributed by atoms with E-state index >= 15 is 0 Å². The summed E-state index contributed by atoms with van der Waals surface area (Å²) >= 11 is 0. The molecule has 7 heteroatoms. The summed E-state index contributed by atoms with van der Waals surface area (Å²) in [4.78, 5) is 18.7. The monoisotopic (exact) mass is 364 g/mol. The Kier molecular flexibility index (Phi) is 5.86. The van der Waals surface area contributed by atoms with Crippen LogP contribution >= 0.6 is 0 Å². The minimum Gasteiger partial charge on any atom is -0.495 e. The molecule has 144 valence electrons. The molecule has 2 aliphatic heterocycles. The van der Waals surface area contributed by atoms with Crippen LogP contribution in [0.1, 0.15) is 19.8 Å². The molecule has 1 aromatic carbocycles. The Hall–Kier alpha value is -2.02. The summed E-state index contributed by atoms with van der Waals surface area (Å²) in [5.41, 5.74) is 7.66. The molecule has 2 N–H and O–H groups in total. The van der Waals surface area contributed by atoms with Crippen LogP contribution in [0.15, 0.2) is 18.2 Å². The lowest BCUT2D eigenvalue weighted by Gasteiger charge is -2.46. The van der Waals surface area contributed by atoms with E-state index in [1.54, 1.807) is 12.0 Å². The van der Waals surface area contributed by atoms with Gasteiger partial charge in [-0.1, -0.05) is 0 Å². The summed E-state index contributed by atoms with van der Waals surface area (Å²) in [5, 5.41) is 0. The van der Waals surface area contributed by atoms with E-state index in [4.69, 9.17) is 10.5 Å². The molecule has 0 aromatic heterocycles. The first-order chi connectivity index (χ1) is 12.5. The molecule has 0 radical (unpaired) electrons. The number of carbonyl (C=O) groups is 1. The molecular weight excluding hydrogens is 335 g/mol. The molecule has 2 aliphatic rings. The molecule has 2 fully saturated rings. The van der Waals surface area contributed by atoms with Crippen molar-refractivity contribution in [2.75, 3.05) is 57.1 Å². The molecular formula is C19H29FN4O2. The van der Waals surface area contributed by atoms with E-state index in [9.17, 15) is 9.18 Å². The van der Waals surface area contributed by atoms with Crippen LogP contribution in [0.4, 0.5) is 15.8 Å². The van der Waals surface area contributed by atoms with Gasteiger partial charge in [0.2, 0.25) is 5.91 Å². The number of nitrogen functional groups attached to an aromatic ring is 1. The number of piperidine rings is 1. The predicted octanol–water partition coefficient (Wildman–Crippen LogP) is 1.75. The largest absolute Gasteiger partial charge is 0.495 e. The van der Waals surface area contributed by atoms with E-state index in [1.807, 2.05) is 25.1 Å². The van der Waals surface area contributed by atoms with Gasteiger partial charge in [-0.2, -0.15) is 0 Å². The Morgan fingerprint density at radius 1 is 1.23 bits per heavy atom. The van der Waals surface area contributed by atoms with Crippen LogP contribution in [0.2, 0.25) is 0 Å². The van der Waals surface area contributed by atoms with E-state index < -0.39 is 6.67 Å². The number of nitrogens with two attached hydrogens (primary N) is 1. The van der Waals surface area contributed by atoms with Crippen molar-refractivity contribution in [2.45, 2.75) is 31.8 Å². The normalized spacial score (nSPS) is 22.7. The minimum absolute atomic E-state index is 0.0552. The number of hydrogen-bond donors (Lipinski definition) is 1. The average molecular weight is 364 g/mol. The molecule has 0 saturated carbocycles. The first kappa shape index (κ1) is 18.8. The van der Waals surface area contributed by atoms with E-state index in [2.05, 4.69) is 9.80 Å². The topological polar surface area (TPSA) is 62.0 Å². The molecule has 1 atom stereocenters. The maximum absolute atomic E-state index is 12.6. The molecule has 2 saturated heterocycles. The maximum atomic E-state index is 12.6. The Bertz CT molecular complexity index is 634. The summed E-state index contributed by atoms with van der Waals surface area (Å²) in [6.07, 6.45) is 2.01. The number of rotatable bonds is 5. The number of carbonyl (C=O) groups excluding carboxylic acids is 1. The van der Waals surface area contributed by atoms with Gasteiger partial charge >= 0.3 is 0 Å². The zero-order chi connectivity index (χ0) is 18.7. The number of anilines is 2. The molecule has 0 bridgehead atoms. The second-order valence-corrected chi connectivity index (χ2v) is 7.07. The Labute approximate surface area is 154 Å². The fraction of sp³-hybridized carbons (Fsp3) is 0.632. The number of nitrogens with zero attached hydrogens (tertiary/aromatic N) is 3. The predicted molar refractivity (Wildman–Crippen MR) is 101 cm³/mol. The van der Waals surface area contributed by atoms with Crippen molar-refractivity contribution in [3.05, 3.63) is 18.2 Å². The first-order valence-electron chi connectivity index (χ1n) is 9.34. The number of hydrogen-bond acceptors (Lipinski definition) is 5. The van der Waals surface area contributed by atoms with E-state index in [1.165, 1.54) is 0 Å². The number of ether oxygens (including phenoxy) is 1. The van der Waals surface area contributed by atoms with Crippen molar-refractivity contribution in [3.63, 3.8) is 0 Å². The Morgan fingerprint density at radius 3 is 2.62 bits per heavy atom. The van der Waals surface area contributed by atoms with Crippen molar-refractivity contribution in [1.82, 2.24) is 9.80 Å². The third kappa shape index (κ3) is 3.72. The second-order valence-electron chi connectivity index (χ2n) is 7.07. The van der Waals surface area contributed by atoms with Crippen LogP contribution in [-0.2, 0) is 4.79 Å². The summed E-state index contributed by atoms with van der Waals surface area (Å²) in [6.45, 7) is 5.02. The molecule has 1 unspecified atom stereocenters. The highest BCUT2D eigenvalue weighted by molar-refractivity contribution is 5.82. The van der Waals surface area contributed by atoms with Gasteiger partial charge in [0.1, 0.15) is 12.4 Å². The van der Waals surface area contributed by atoms with Gasteiger partial charge in [-0.3, -0.25) is 9.69 Å². The average Bonchev–Trinajstić information content (AvgIpc) is 2.66. The van der Waals surface area contributed by atoms with E-state index in [0.29, 0.717) is 24.0 Å². The molecule has 6 nitrogen and oxygen atoms in total. The zero-order valence-electron chi connectivity index (χ0n) is 15.7. The van der Waals surface area contributed by atoms with Crippen molar-refractivity contribution in [3.8, 4) is 5.75 Å². The van der Waals surface area contributed by atoms with E-state index in [-0.39, 0.29) is 18.5 Å². The number of halogens is 1. The molecule has 0 spiro atoms. The molecule has 1 aromatic rings. The maximum Gasteiger partial charge on any atom is 0.239 e. The summed E-state index contributed by atoms with van der Waals surface area (Å²) in [5.74, 6) is 0.757. The van der Waals surface area contributed by atoms with Crippen LogP contribution in [0.5, 0.6) is 5.75 Å². The molecule has 3 rings (SSSR count). The quantitative estimate of drug-likeness (QED) is 0.807. The van der Waals surface area contributed by atoms with Crippen LogP contribution in [0, 0.1) is 0 Å². The fourth-order valence-corrected chi connectivity index (χ4v) is 4.12. The van der Waals surface area contributed by atoms with Crippen LogP contribution < -0.4 is 15.4 Å². The molecule has 2 heterocycles. The smallest absolute Gasteiger partial charge is 0.239 e. The third-order valence-corrected chi connectivity index (χ3v) is 5.66. The fourth-order valence-electron chi connectivity index (χ4n) is 4.12. The lowest BCUT2D eigenvalue weighted by Crippen LogP contribution is -2.60. The number of methoxy groups -OCH3 is 1. The lowest BCUT2D eigenvalue weighted by molar-refractivity contribution is -0.143. The molecule has 1 amide bonds. The number of alkyl halides is 1. The van der Waals surface area contributed by atoms with Crippen molar-refractivity contribution in [2.24, 2.45) is 0 Å². The minimum atomic E-state index is -0.470. The van der Waals surface area contributed by atoms with Gasteiger partial charge < -0.3 is 20.3 Å². The van der Waals surface area contributed by atoms with Gasteiger partial charge in [0.15, 0.2) is 0 Å².